The number of ether oxygens (including phenoxy) is 1. The fourth-order valence-electron chi connectivity index (χ4n) is 2.50. The summed E-state index contributed by atoms with van der Waals surface area (Å²) in [6.07, 6.45) is 5.45. The Kier molecular flexibility index (Phi) is 4.31. The van der Waals surface area contributed by atoms with Crippen LogP contribution in [0.25, 0.3) is 0 Å². The van der Waals surface area contributed by atoms with Gasteiger partial charge in [-0.1, -0.05) is 0 Å². The lowest BCUT2D eigenvalue weighted by Gasteiger charge is -2.32. The van der Waals surface area contributed by atoms with Gasteiger partial charge in [-0.05, 0) is 25.0 Å². The quantitative estimate of drug-likeness (QED) is 0.916. The number of amides is 1. The molecule has 3 heterocycles. The maximum atomic E-state index is 13.6. The van der Waals surface area contributed by atoms with Crippen molar-refractivity contribution in [2.75, 3.05) is 18.8 Å². The summed E-state index contributed by atoms with van der Waals surface area (Å²) < 4.78 is 19.2. The molecule has 2 aromatic heterocycles. The molecule has 1 atom stereocenters. The highest BCUT2D eigenvalue weighted by atomic mass is 19.1. The van der Waals surface area contributed by atoms with E-state index in [0.717, 1.165) is 12.8 Å². The van der Waals surface area contributed by atoms with Gasteiger partial charge in [0.25, 0.3) is 11.8 Å². The van der Waals surface area contributed by atoms with E-state index in [-0.39, 0.29) is 29.4 Å². The Balaban J connectivity index is 1.70. The molecule has 0 radical (unpaired) electrons. The minimum Gasteiger partial charge on any atom is -0.470 e. The third-order valence-electron chi connectivity index (χ3n) is 3.60. The van der Waals surface area contributed by atoms with Crippen molar-refractivity contribution in [3.63, 3.8) is 0 Å². The van der Waals surface area contributed by atoms with E-state index in [1.807, 2.05) is 0 Å². The summed E-state index contributed by atoms with van der Waals surface area (Å²) in [5, 5.41) is 0. The Labute approximate surface area is 132 Å². The van der Waals surface area contributed by atoms with Crippen LogP contribution in [0.15, 0.2) is 30.7 Å². The zero-order chi connectivity index (χ0) is 16.2. The van der Waals surface area contributed by atoms with Crippen LogP contribution in [0.2, 0.25) is 0 Å². The molecule has 1 saturated heterocycles. The first-order valence-electron chi connectivity index (χ1n) is 7.28. The SMILES string of the molecule is Nc1nccnc1C(=O)N1CCC[C@H](Oc2ncccc2F)C1. The molecular weight excluding hydrogens is 301 g/mol. The molecule has 1 amide bonds. The first-order valence-corrected chi connectivity index (χ1v) is 7.28. The molecule has 120 valence electrons. The van der Waals surface area contributed by atoms with Gasteiger partial charge in [-0.3, -0.25) is 4.79 Å². The van der Waals surface area contributed by atoms with Crippen LogP contribution in [0.4, 0.5) is 10.2 Å². The topological polar surface area (TPSA) is 94.2 Å². The minimum atomic E-state index is -0.519. The molecule has 1 aliphatic rings. The summed E-state index contributed by atoms with van der Waals surface area (Å²) in [7, 11) is 0. The zero-order valence-corrected chi connectivity index (χ0v) is 12.4. The van der Waals surface area contributed by atoms with Gasteiger partial charge in [0.15, 0.2) is 17.3 Å². The summed E-state index contributed by atoms with van der Waals surface area (Å²) in [6.45, 7) is 0.893. The predicted octanol–water partition coefficient (Wildman–Crippen LogP) is 1.28. The second-order valence-corrected chi connectivity index (χ2v) is 5.21. The number of nitrogens with zero attached hydrogens (tertiary/aromatic N) is 4. The highest BCUT2D eigenvalue weighted by molar-refractivity contribution is 5.96. The van der Waals surface area contributed by atoms with Gasteiger partial charge in [0.05, 0.1) is 6.54 Å². The van der Waals surface area contributed by atoms with E-state index in [1.54, 1.807) is 4.90 Å². The van der Waals surface area contributed by atoms with E-state index in [0.29, 0.717) is 13.1 Å². The van der Waals surface area contributed by atoms with Crippen LogP contribution in [-0.4, -0.2) is 45.0 Å². The molecule has 0 bridgehead atoms. The van der Waals surface area contributed by atoms with Crippen molar-refractivity contribution in [1.29, 1.82) is 0 Å². The zero-order valence-electron chi connectivity index (χ0n) is 12.4. The normalized spacial score (nSPS) is 17.8. The molecule has 23 heavy (non-hydrogen) atoms. The molecule has 0 aliphatic carbocycles. The molecule has 0 aromatic carbocycles. The third kappa shape index (κ3) is 3.36. The van der Waals surface area contributed by atoms with Crippen LogP contribution in [0.5, 0.6) is 5.88 Å². The van der Waals surface area contributed by atoms with Crippen molar-refractivity contribution in [2.24, 2.45) is 0 Å². The molecule has 8 heteroatoms. The number of likely N-dealkylation sites (tertiary alicyclic amines) is 1. The van der Waals surface area contributed by atoms with Gasteiger partial charge >= 0.3 is 0 Å². The average Bonchev–Trinajstić information content (AvgIpc) is 2.57. The van der Waals surface area contributed by atoms with Gasteiger partial charge < -0.3 is 15.4 Å². The number of anilines is 1. The van der Waals surface area contributed by atoms with Crippen LogP contribution in [0.1, 0.15) is 23.3 Å². The molecule has 0 unspecified atom stereocenters. The van der Waals surface area contributed by atoms with Gasteiger partial charge in [-0.25, -0.2) is 19.3 Å². The maximum Gasteiger partial charge on any atom is 0.276 e. The summed E-state index contributed by atoms with van der Waals surface area (Å²) in [4.78, 5) is 25.8. The molecule has 0 spiro atoms. The number of pyridine rings is 1. The third-order valence-corrected chi connectivity index (χ3v) is 3.60. The monoisotopic (exact) mass is 317 g/mol. The Morgan fingerprint density at radius 2 is 2.13 bits per heavy atom. The molecule has 2 N–H and O–H groups in total. The van der Waals surface area contributed by atoms with E-state index in [9.17, 15) is 9.18 Å². The van der Waals surface area contributed by atoms with Gasteiger partial charge in [0.2, 0.25) is 0 Å². The van der Waals surface area contributed by atoms with Crippen molar-refractivity contribution in [3.8, 4) is 5.88 Å². The van der Waals surface area contributed by atoms with E-state index in [1.165, 1.54) is 30.7 Å². The standard InChI is InChI=1S/C15H16FN5O2/c16-11-4-1-5-20-14(11)23-10-3-2-8-21(9-10)15(22)12-13(17)19-7-6-18-12/h1,4-7,10H,2-3,8-9H2,(H2,17,19)/t10-/m0/s1. The van der Waals surface area contributed by atoms with E-state index in [4.69, 9.17) is 10.5 Å². The second kappa shape index (κ2) is 6.55. The maximum absolute atomic E-state index is 13.6. The van der Waals surface area contributed by atoms with Crippen molar-refractivity contribution >= 4 is 11.7 Å². The lowest BCUT2D eigenvalue weighted by Crippen LogP contribution is -2.45. The van der Waals surface area contributed by atoms with E-state index < -0.39 is 5.82 Å². The molecule has 7 nitrogen and oxygen atoms in total. The van der Waals surface area contributed by atoms with Crippen molar-refractivity contribution in [2.45, 2.75) is 18.9 Å². The number of aromatic nitrogens is 3. The number of halogens is 1. The average molecular weight is 317 g/mol. The molecule has 1 aliphatic heterocycles. The minimum absolute atomic E-state index is 0.0502. The fraction of sp³-hybridized carbons (Fsp3) is 0.333. The lowest BCUT2D eigenvalue weighted by molar-refractivity contribution is 0.0513. The number of hydrogen-bond acceptors (Lipinski definition) is 6. The number of nitrogen functional groups attached to an aromatic ring is 1. The van der Waals surface area contributed by atoms with Crippen LogP contribution in [-0.2, 0) is 0 Å². The van der Waals surface area contributed by atoms with Crippen LogP contribution < -0.4 is 10.5 Å². The molecule has 1 fully saturated rings. The molecule has 3 rings (SSSR count). The second-order valence-electron chi connectivity index (χ2n) is 5.21. The summed E-state index contributed by atoms with van der Waals surface area (Å²) >= 11 is 0. The highest BCUT2D eigenvalue weighted by Gasteiger charge is 2.28. The predicted molar refractivity (Wildman–Crippen MR) is 80.2 cm³/mol. The lowest BCUT2D eigenvalue weighted by atomic mass is 10.1. The highest BCUT2D eigenvalue weighted by Crippen LogP contribution is 2.20. The summed E-state index contributed by atoms with van der Waals surface area (Å²) in [5.74, 6) is -0.776. The fourth-order valence-corrected chi connectivity index (χ4v) is 2.50. The van der Waals surface area contributed by atoms with Crippen LogP contribution in [0, 0.1) is 5.82 Å². The first-order chi connectivity index (χ1) is 11.1. The van der Waals surface area contributed by atoms with Crippen LogP contribution >= 0.6 is 0 Å². The Morgan fingerprint density at radius 3 is 2.91 bits per heavy atom. The Hall–Kier alpha value is -2.77. The number of carbonyl (C=O) groups excluding carboxylic acids is 1. The largest absolute Gasteiger partial charge is 0.470 e. The molecular formula is C15H16FN5O2. The van der Waals surface area contributed by atoms with Gasteiger partial charge in [-0.2, -0.15) is 0 Å². The van der Waals surface area contributed by atoms with Crippen molar-refractivity contribution in [3.05, 3.63) is 42.2 Å². The number of carbonyl (C=O) groups is 1. The smallest absolute Gasteiger partial charge is 0.276 e. The van der Waals surface area contributed by atoms with Crippen molar-refractivity contribution in [1.82, 2.24) is 19.9 Å². The Bertz CT molecular complexity index is 712. The summed E-state index contributed by atoms with van der Waals surface area (Å²) in [5.41, 5.74) is 5.82. The number of piperidine rings is 1. The number of nitrogens with two attached hydrogens (primary N) is 1. The first kappa shape index (κ1) is 15.1. The van der Waals surface area contributed by atoms with Crippen LogP contribution in [0.3, 0.4) is 0 Å². The summed E-state index contributed by atoms with van der Waals surface area (Å²) in [6, 6.07) is 2.78. The van der Waals surface area contributed by atoms with Crippen molar-refractivity contribution < 1.29 is 13.9 Å². The van der Waals surface area contributed by atoms with Gasteiger partial charge in [0.1, 0.15) is 6.10 Å². The number of rotatable bonds is 3. The van der Waals surface area contributed by atoms with Gasteiger partial charge in [0, 0.05) is 25.1 Å². The number of hydrogen-bond donors (Lipinski definition) is 1. The Morgan fingerprint density at radius 1 is 1.30 bits per heavy atom. The van der Waals surface area contributed by atoms with E-state index in [2.05, 4.69) is 15.0 Å². The molecule has 0 saturated carbocycles. The van der Waals surface area contributed by atoms with Gasteiger partial charge in [-0.15, -0.1) is 0 Å². The van der Waals surface area contributed by atoms with E-state index >= 15 is 0 Å². The molecule has 2 aromatic rings.